The van der Waals surface area contributed by atoms with Gasteiger partial charge in [-0.25, -0.2) is 9.37 Å². The van der Waals surface area contributed by atoms with Gasteiger partial charge in [0.1, 0.15) is 6.61 Å². The van der Waals surface area contributed by atoms with Crippen LogP contribution >= 0.6 is 0 Å². The van der Waals surface area contributed by atoms with Crippen molar-refractivity contribution >= 4 is 17.7 Å². The Balaban J connectivity index is 1.61. The van der Waals surface area contributed by atoms with Gasteiger partial charge in [0.15, 0.2) is 11.6 Å². The molecule has 0 aromatic carbocycles. The molecule has 2 saturated heterocycles. The number of rotatable bonds is 4. The maximum atomic E-state index is 13.9. The topological polar surface area (TPSA) is 79.8 Å². The summed E-state index contributed by atoms with van der Waals surface area (Å²) in [6.07, 6.45) is 1.02. The minimum Gasteiger partial charge on any atom is -0.378 e. The van der Waals surface area contributed by atoms with Crippen LogP contribution in [0.3, 0.4) is 0 Å². The van der Waals surface area contributed by atoms with Gasteiger partial charge in [0.25, 0.3) is 0 Å². The first kappa shape index (κ1) is 15.9. The van der Waals surface area contributed by atoms with Gasteiger partial charge in [-0.05, 0) is 0 Å². The van der Waals surface area contributed by atoms with Gasteiger partial charge in [-0.3, -0.25) is 4.79 Å². The minimum absolute atomic E-state index is 0.0334. The van der Waals surface area contributed by atoms with Crippen molar-refractivity contribution in [1.29, 1.82) is 0 Å². The van der Waals surface area contributed by atoms with Crippen molar-refractivity contribution in [2.45, 2.75) is 6.10 Å². The van der Waals surface area contributed by atoms with Gasteiger partial charge in [0.05, 0.1) is 25.5 Å². The molecule has 2 fully saturated rings. The molecule has 2 aliphatic heterocycles. The molecule has 0 radical (unpaired) electrons. The lowest BCUT2D eigenvalue weighted by Crippen LogP contribution is -2.46. The van der Waals surface area contributed by atoms with Crippen LogP contribution in [-0.4, -0.2) is 79.9 Å². The zero-order valence-corrected chi connectivity index (χ0v) is 13.0. The first-order chi connectivity index (χ1) is 11.1. The lowest BCUT2D eigenvalue weighted by Gasteiger charge is -2.30. The second-order valence-electron chi connectivity index (χ2n) is 5.55. The van der Waals surface area contributed by atoms with Crippen molar-refractivity contribution in [3.63, 3.8) is 0 Å². The minimum atomic E-state index is -0.448. The SMILES string of the molecule is CN1CC(CNc2ncc(F)c(N3CCOCC3)n2)OCC1=O. The van der Waals surface area contributed by atoms with Gasteiger partial charge in [-0.15, -0.1) is 0 Å². The molecule has 8 nitrogen and oxygen atoms in total. The third kappa shape index (κ3) is 3.85. The Morgan fingerprint density at radius 1 is 1.43 bits per heavy atom. The van der Waals surface area contributed by atoms with E-state index in [0.29, 0.717) is 45.3 Å². The van der Waals surface area contributed by atoms with E-state index in [1.165, 1.54) is 0 Å². The van der Waals surface area contributed by atoms with Crippen LogP contribution in [0.15, 0.2) is 6.20 Å². The van der Waals surface area contributed by atoms with E-state index in [1.807, 2.05) is 4.90 Å². The number of hydrogen-bond donors (Lipinski definition) is 1. The fourth-order valence-corrected chi connectivity index (χ4v) is 2.53. The molecule has 1 amide bonds. The van der Waals surface area contributed by atoms with E-state index in [1.54, 1.807) is 11.9 Å². The Labute approximate surface area is 133 Å². The van der Waals surface area contributed by atoms with Crippen molar-refractivity contribution < 1.29 is 18.7 Å². The first-order valence-corrected chi connectivity index (χ1v) is 7.58. The number of morpholine rings is 2. The van der Waals surface area contributed by atoms with E-state index in [0.717, 1.165) is 6.20 Å². The number of anilines is 2. The van der Waals surface area contributed by atoms with Crippen LogP contribution in [0.4, 0.5) is 16.2 Å². The molecule has 126 valence electrons. The average Bonchev–Trinajstić information content (AvgIpc) is 2.58. The number of carbonyl (C=O) groups is 1. The molecule has 1 aromatic heterocycles. The van der Waals surface area contributed by atoms with Gasteiger partial charge in [0, 0.05) is 33.2 Å². The summed E-state index contributed by atoms with van der Waals surface area (Å²) in [5.41, 5.74) is 0. The molecular weight excluding hydrogens is 305 g/mol. The lowest BCUT2D eigenvalue weighted by molar-refractivity contribution is -0.145. The Bertz CT molecular complexity index is 567. The monoisotopic (exact) mass is 325 g/mol. The second kappa shape index (κ2) is 7.05. The van der Waals surface area contributed by atoms with Crippen molar-refractivity contribution in [3.05, 3.63) is 12.0 Å². The third-order valence-electron chi connectivity index (χ3n) is 3.87. The predicted molar refractivity (Wildman–Crippen MR) is 80.9 cm³/mol. The highest BCUT2D eigenvalue weighted by Crippen LogP contribution is 2.18. The van der Waals surface area contributed by atoms with E-state index in [9.17, 15) is 9.18 Å². The molecule has 3 heterocycles. The second-order valence-corrected chi connectivity index (χ2v) is 5.55. The Kier molecular flexibility index (Phi) is 4.87. The van der Waals surface area contributed by atoms with Gasteiger partial charge < -0.3 is 24.6 Å². The molecule has 9 heteroatoms. The molecule has 0 aliphatic carbocycles. The number of nitrogens with one attached hydrogen (secondary N) is 1. The summed E-state index contributed by atoms with van der Waals surface area (Å²) in [7, 11) is 1.74. The summed E-state index contributed by atoms with van der Waals surface area (Å²) in [5, 5.41) is 3.05. The molecule has 1 N–H and O–H groups in total. The molecule has 1 unspecified atom stereocenters. The number of ether oxygens (including phenoxy) is 2. The third-order valence-corrected chi connectivity index (χ3v) is 3.87. The fraction of sp³-hybridized carbons (Fsp3) is 0.643. The number of aromatic nitrogens is 2. The lowest BCUT2D eigenvalue weighted by atomic mass is 10.3. The molecule has 0 saturated carbocycles. The number of carbonyl (C=O) groups excluding carboxylic acids is 1. The molecule has 1 atom stereocenters. The molecule has 3 rings (SSSR count). The fourth-order valence-electron chi connectivity index (χ4n) is 2.53. The van der Waals surface area contributed by atoms with Crippen molar-refractivity contribution in [1.82, 2.24) is 14.9 Å². The molecule has 0 bridgehead atoms. The number of halogens is 1. The van der Waals surface area contributed by atoms with Crippen molar-refractivity contribution in [2.24, 2.45) is 0 Å². The zero-order valence-electron chi connectivity index (χ0n) is 13.0. The van der Waals surface area contributed by atoms with Crippen LogP contribution in [0.5, 0.6) is 0 Å². The van der Waals surface area contributed by atoms with E-state index < -0.39 is 5.82 Å². The summed E-state index contributed by atoms with van der Waals surface area (Å²) in [5.74, 6) is 0.143. The first-order valence-electron chi connectivity index (χ1n) is 7.58. The number of nitrogens with zero attached hydrogens (tertiary/aromatic N) is 4. The molecule has 23 heavy (non-hydrogen) atoms. The van der Waals surface area contributed by atoms with Crippen LogP contribution in [0.25, 0.3) is 0 Å². The van der Waals surface area contributed by atoms with Crippen molar-refractivity contribution in [2.75, 3.05) is 63.3 Å². The Morgan fingerprint density at radius 3 is 2.96 bits per heavy atom. The van der Waals surface area contributed by atoms with Gasteiger partial charge >= 0.3 is 0 Å². The summed E-state index contributed by atoms with van der Waals surface area (Å²) in [6, 6.07) is 0. The molecule has 0 spiro atoms. The van der Waals surface area contributed by atoms with E-state index in [2.05, 4.69) is 15.3 Å². The smallest absolute Gasteiger partial charge is 0.248 e. The van der Waals surface area contributed by atoms with Gasteiger partial charge in [-0.1, -0.05) is 0 Å². The quantitative estimate of drug-likeness (QED) is 0.815. The zero-order chi connectivity index (χ0) is 16.2. The van der Waals surface area contributed by atoms with Crippen LogP contribution in [-0.2, 0) is 14.3 Å². The highest BCUT2D eigenvalue weighted by molar-refractivity contribution is 5.77. The van der Waals surface area contributed by atoms with E-state index >= 15 is 0 Å². The summed E-state index contributed by atoms with van der Waals surface area (Å²) < 4.78 is 24.6. The predicted octanol–water partition coefficient (Wildman–Crippen LogP) is -0.279. The summed E-state index contributed by atoms with van der Waals surface area (Å²) in [6.45, 7) is 3.35. The van der Waals surface area contributed by atoms with Crippen LogP contribution < -0.4 is 10.2 Å². The maximum Gasteiger partial charge on any atom is 0.248 e. The Hall–Kier alpha value is -2.00. The summed E-state index contributed by atoms with van der Waals surface area (Å²) >= 11 is 0. The maximum absolute atomic E-state index is 13.9. The normalized spacial score (nSPS) is 22.3. The standard InChI is InChI=1S/C14H20FN5O3/c1-19-8-10(23-9-12(19)21)6-16-14-17-7-11(15)13(18-14)20-2-4-22-5-3-20/h7,10H,2-6,8-9H2,1H3,(H,16,17,18). The van der Waals surface area contributed by atoms with Gasteiger partial charge in [-0.2, -0.15) is 4.98 Å². The van der Waals surface area contributed by atoms with E-state index in [-0.39, 0.29) is 24.4 Å². The van der Waals surface area contributed by atoms with Gasteiger partial charge in [0.2, 0.25) is 11.9 Å². The average molecular weight is 325 g/mol. The van der Waals surface area contributed by atoms with Crippen molar-refractivity contribution in [3.8, 4) is 0 Å². The van der Waals surface area contributed by atoms with Crippen LogP contribution in [0, 0.1) is 5.82 Å². The van der Waals surface area contributed by atoms with E-state index in [4.69, 9.17) is 9.47 Å². The van der Waals surface area contributed by atoms with Crippen LogP contribution in [0.2, 0.25) is 0 Å². The van der Waals surface area contributed by atoms with Crippen LogP contribution in [0.1, 0.15) is 0 Å². The summed E-state index contributed by atoms with van der Waals surface area (Å²) in [4.78, 5) is 23.0. The Morgan fingerprint density at radius 2 is 2.22 bits per heavy atom. The molecule has 2 aliphatic rings. The molecular formula is C14H20FN5O3. The largest absolute Gasteiger partial charge is 0.378 e. The number of likely N-dealkylation sites (N-methyl/N-ethyl adjacent to an activating group) is 1. The highest BCUT2D eigenvalue weighted by Gasteiger charge is 2.24. The molecule has 1 aromatic rings. The number of hydrogen-bond acceptors (Lipinski definition) is 7. The highest BCUT2D eigenvalue weighted by atomic mass is 19.1. The number of amides is 1.